The van der Waals surface area contributed by atoms with Crippen LogP contribution in [0.15, 0.2) is 24.3 Å². The largest absolute Gasteiger partial charge is 0.343 e. The third-order valence-electron chi connectivity index (χ3n) is 4.25. The summed E-state index contributed by atoms with van der Waals surface area (Å²) in [7, 11) is -3.50. The molecule has 0 aromatic heterocycles. The van der Waals surface area contributed by atoms with Gasteiger partial charge in [-0.2, -0.15) is 0 Å². The number of halogens is 1. The molecule has 1 heterocycles. The van der Waals surface area contributed by atoms with Crippen LogP contribution in [0.1, 0.15) is 31.2 Å². The average molecular weight is 342 g/mol. The van der Waals surface area contributed by atoms with Crippen molar-refractivity contribution in [1.29, 1.82) is 0 Å². The topological polar surface area (TPSA) is 80.5 Å². The maximum Gasteiger partial charge on any atom is 0.222 e. The third-order valence-corrected chi connectivity index (χ3v) is 5.11. The molecule has 0 saturated carbocycles. The minimum absolute atomic E-state index is 0.0296. The van der Waals surface area contributed by atoms with E-state index in [0.717, 1.165) is 18.4 Å². The molecule has 1 aromatic carbocycles. The van der Waals surface area contributed by atoms with Gasteiger partial charge in [0, 0.05) is 19.5 Å². The molecule has 1 saturated heterocycles. The zero-order chi connectivity index (χ0) is 16.9. The van der Waals surface area contributed by atoms with Crippen LogP contribution in [-0.2, 0) is 21.2 Å². The summed E-state index contributed by atoms with van der Waals surface area (Å²) in [5.74, 6) is 0.00929. The Morgan fingerprint density at radius 1 is 1.26 bits per heavy atom. The first-order valence-electron chi connectivity index (χ1n) is 7.87. The lowest BCUT2D eigenvalue weighted by Crippen LogP contribution is -2.39. The predicted molar refractivity (Wildman–Crippen MR) is 86.6 cm³/mol. The van der Waals surface area contributed by atoms with Crippen molar-refractivity contribution in [3.05, 3.63) is 35.6 Å². The molecule has 0 bridgehead atoms. The van der Waals surface area contributed by atoms with Gasteiger partial charge in [-0.3, -0.25) is 4.79 Å². The maximum absolute atomic E-state index is 13.7. The number of carbonyl (C=O) groups is 1. The Kier molecular flexibility index (Phi) is 6.12. The number of sulfonamides is 1. The monoisotopic (exact) mass is 342 g/mol. The molecule has 23 heavy (non-hydrogen) atoms. The second-order valence-corrected chi connectivity index (χ2v) is 7.82. The summed E-state index contributed by atoms with van der Waals surface area (Å²) < 4.78 is 35.4. The number of benzene rings is 1. The first-order chi connectivity index (χ1) is 10.8. The molecule has 2 rings (SSSR count). The van der Waals surface area contributed by atoms with E-state index in [1.807, 2.05) is 6.07 Å². The average Bonchev–Trinajstić information content (AvgIpc) is 2.49. The van der Waals surface area contributed by atoms with Crippen molar-refractivity contribution in [1.82, 2.24) is 4.90 Å². The SMILES string of the molecule is NS(=O)(=O)CCCC(=O)N1CCC(Cc2ccccc2F)CC1. The van der Waals surface area contributed by atoms with Gasteiger partial charge in [0.25, 0.3) is 0 Å². The van der Waals surface area contributed by atoms with E-state index in [4.69, 9.17) is 5.14 Å². The molecule has 0 unspecified atom stereocenters. The van der Waals surface area contributed by atoms with Gasteiger partial charge in [0.1, 0.15) is 5.82 Å². The molecular weight excluding hydrogens is 319 g/mol. The van der Waals surface area contributed by atoms with Gasteiger partial charge >= 0.3 is 0 Å². The summed E-state index contributed by atoms with van der Waals surface area (Å²) in [5, 5.41) is 4.92. The van der Waals surface area contributed by atoms with Gasteiger partial charge in [0.05, 0.1) is 5.75 Å². The zero-order valence-corrected chi connectivity index (χ0v) is 13.9. The van der Waals surface area contributed by atoms with Crippen LogP contribution in [0.5, 0.6) is 0 Å². The Bertz CT molecular complexity index is 640. The van der Waals surface area contributed by atoms with Crippen LogP contribution in [0.3, 0.4) is 0 Å². The molecule has 7 heteroatoms. The van der Waals surface area contributed by atoms with Gasteiger partial charge < -0.3 is 4.90 Å². The number of nitrogens with zero attached hydrogens (tertiary/aromatic N) is 1. The lowest BCUT2D eigenvalue weighted by molar-refractivity contribution is -0.132. The molecule has 2 N–H and O–H groups in total. The highest BCUT2D eigenvalue weighted by atomic mass is 32.2. The summed E-state index contributed by atoms with van der Waals surface area (Å²) in [6, 6.07) is 6.80. The maximum atomic E-state index is 13.7. The van der Waals surface area contributed by atoms with Crippen LogP contribution in [0, 0.1) is 11.7 Å². The van der Waals surface area contributed by atoms with Crippen LogP contribution in [-0.4, -0.2) is 38.1 Å². The number of piperidine rings is 1. The van der Waals surface area contributed by atoms with Gasteiger partial charge in [-0.15, -0.1) is 0 Å². The Balaban J connectivity index is 1.75. The molecule has 128 valence electrons. The highest BCUT2D eigenvalue weighted by Gasteiger charge is 2.23. The fraction of sp³-hybridized carbons (Fsp3) is 0.562. The first kappa shape index (κ1) is 17.9. The highest BCUT2D eigenvalue weighted by Crippen LogP contribution is 2.23. The number of likely N-dealkylation sites (tertiary alicyclic amines) is 1. The van der Waals surface area contributed by atoms with E-state index >= 15 is 0 Å². The molecule has 0 atom stereocenters. The zero-order valence-electron chi connectivity index (χ0n) is 13.1. The van der Waals surface area contributed by atoms with Crippen LogP contribution in [0.2, 0.25) is 0 Å². The lowest BCUT2D eigenvalue weighted by Gasteiger charge is -2.32. The molecular formula is C16H23FN2O3S. The summed E-state index contributed by atoms with van der Waals surface area (Å²) in [6.07, 6.45) is 2.84. The lowest BCUT2D eigenvalue weighted by atomic mass is 9.90. The Labute approximate surface area is 136 Å². The molecule has 1 amide bonds. The van der Waals surface area contributed by atoms with Crippen LogP contribution < -0.4 is 5.14 Å². The number of nitrogens with two attached hydrogens (primary N) is 1. The minimum Gasteiger partial charge on any atom is -0.343 e. The number of rotatable bonds is 6. The predicted octanol–water partition coefficient (Wildman–Crippen LogP) is 1.68. The normalized spacial score (nSPS) is 16.5. The molecule has 1 aliphatic heterocycles. The van der Waals surface area contributed by atoms with Gasteiger partial charge in [0.2, 0.25) is 15.9 Å². The van der Waals surface area contributed by atoms with Crippen LogP contribution in [0.4, 0.5) is 4.39 Å². The van der Waals surface area contributed by atoms with E-state index in [-0.39, 0.29) is 30.3 Å². The number of hydrogen-bond donors (Lipinski definition) is 1. The fourth-order valence-corrected chi connectivity index (χ4v) is 3.49. The van der Waals surface area contributed by atoms with E-state index in [2.05, 4.69) is 0 Å². The minimum atomic E-state index is -3.50. The Morgan fingerprint density at radius 2 is 1.91 bits per heavy atom. The van der Waals surface area contributed by atoms with Gasteiger partial charge in [0.15, 0.2) is 0 Å². The van der Waals surface area contributed by atoms with Crippen LogP contribution in [0.25, 0.3) is 0 Å². The molecule has 0 aliphatic carbocycles. The van der Waals surface area contributed by atoms with E-state index < -0.39 is 10.0 Å². The molecule has 0 spiro atoms. The van der Waals surface area contributed by atoms with Crippen LogP contribution >= 0.6 is 0 Å². The Morgan fingerprint density at radius 3 is 2.52 bits per heavy atom. The molecule has 1 aliphatic rings. The van der Waals surface area contributed by atoms with Crippen molar-refractivity contribution in [3.63, 3.8) is 0 Å². The van der Waals surface area contributed by atoms with Crippen molar-refractivity contribution >= 4 is 15.9 Å². The van der Waals surface area contributed by atoms with E-state index in [0.29, 0.717) is 25.4 Å². The van der Waals surface area contributed by atoms with Crippen molar-refractivity contribution in [2.45, 2.75) is 32.1 Å². The Hall–Kier alpha value is -1.47. The van der Waals surface area contributed by atoms with E-state index in [9.17, 15) is 17.6 Å². The third kappa shape index (κ3) is 5.91. The van der Waals surface area contributed by atoms with Crippen molar-refractivity contribution in [2.24, 2.45) is 11.1 Å². The van der Waals surface area contributed by atoms with Crippen molar-refractivity contribution < 1.29 is 17.6 Å². The molecule has 0 radical (unpaired) electrons. The smallest absolute Gasteiger partial charge is 0.222 e. The van der Waals surface area contributed by atoms with E-state index in [1.54, 1.807) is 17.0 Å². The summed E-state index contributed by atoms with van der Waals surface area (Å²) >= 11 is 0. The number of amides is 1. The second kappa shape index (κ2) is 7.88. The van der Waals surface area contributed by atoms with Crippen molar-refractivity contribution in [2.75, 3.05) is 18.8 Å². The summed E-state index contributed by atoms with van der Waals surface area (Å²) in [4.78, 5) is 13.8. The fourth-order valence-electron chi connectivity index (χ4n) is 2.94. The van der Waals surface area contributed by atoms with Gasteiger partial charge in [-0.05, 0) is 43.2 Å². The number of hydrogen-bond acceptors (Lipinski definition) is 3. The molecule has 1 fully saturated rings. The summed E-state index contributed by atoms with van der Waals surface area (Å²) in [5.41, 5.74) is 0.727. The standard InChI is InChI=1S/C16H23FN2O3S/c17-15-5-2-1-4-14(15)12-13-7-9-19(10-8-13)16(20)6-3-11-23(18,21)22/h1-2,4-5,13H,3,6-12H2,(H2,18,21,22). The highest BCUT2D eigenvalue weighted by molar-refractivity contribution is 7.89. The summed E-state index contributed by atoms with van der Waals surface area (Å²) in [6.45, 7) is 1.29. The first-order valence-corrected chi connectivity index (χ1v) is 9.58. The van der Waals surface area contributed by atoms with E-state index in [1.165, 1.54) is 6.07 Å². The number of primary sulfonamides is 1. The molecule has 5 nitrogen and oxygen atoms in total. The second-order valence-electron chi connectivity index (χ2n) is 6.09. The number of carbonyl (C=O) groups excluding carboxylic acids is 1. The molecule has 1 aromatic rings. The van der Waals surface area contributed by atoms with Crippen molar-refractivity contribution in [3.8, 4) is 0 Å². The van der Waals surface area contributed by atoms with Gasteiger partial charge in [-0.25, -0.2) is 17.9 Å². The quantitative estimate of drug-likeness (QED) is 0.854. The van der Waals surface area contributed by atoms with Gasteiger partial charge in [-0.1, -0.05) is 18.2 Å².